The molecule has 1 aliphatic rings. The second kappa shape index (κ2) is 6.35. The maximum absolute atomic E-state index is 12.5. The first-order valence-electron chi connectivity index (χ1n) is 6.67. The quantitative estimate of drug-likeness (QED) is 0.800. The predicted octanol–water partition coefficient (Wildman–Crippen LogP) is 2.55. The lowest BCUT2D eigenvalue weighted by Gasteiger charge is -2.33. The minimum Gasteiger partial charge on any atom is -0.377 e. The predicted molar refractivity (Wildman–Crippen MR) is 74.6 cm³/mol. The molecule has 1 aromatic rings. The Morgan fingerprint density at radius 2 is 2.37 bits per heavy atom. The fourth-order valence-electron chi connectivity index (χ4n) is 2.25. The van der Waals surface area contributed by atoms with Gasteiger partial charge in [0.05, 0.1) is 19.3 Å². The molecule has 1 aromatic heterocycles. The number of morpholine rings is 1. The van der Waals surface area contributed by atoms with Crippen LogP contribution in [0.2, 0.25) is 5.15 Å². The smallest absolute Gasteiger partial charge is 0.254 e. The molecule has 0 radical (unpaired) electrons. The van der Waals surface area contributed by atoms with E-state index in [0.717, 1.165) is 18.5 Å². The zero-order valence-electron chi connectivity index (χ0n) is 11.4. The largest absolute Gasteiger partial charge is 0.377 e. The van der Waals surface area contributed by atoms with Gasteiger partial charge in [0.2, 0.25) is 0 Å². The van der Waals surface area contributed by atoms with Crippen LogP contribution in [0.15, 0.2) is 12.1 Å². The number of carbonyl (C=O) groups excluding carboxylic acids is 1. The fourth-order valence-corrected chi connectivity index (χ4v) is 2.48. The monoisotopic (exact) mass is 282 g/mol. The maximum atomic E-state index is 12.5. The normalized spacial score (nSPS) is 19.5. The molecule has 1 atom stereocenters. The molecule has 1 amide bonds. The standard InChI is InChI=1S/C14H19ClN2O2/c1-3-4-12-7-11(8-13(15)16-12)14(18)17-5-6-19-9-10(17)2/h7-8,10H,3-6,9H2,1-2H3/t10-/m1/s1. The topological polar surface area (TPSA) is 42.4 Å². The number of ether oxygens (including phenoxy) is 1. The molecule has 104 valence electrons. The summed E-state index contributed by atoms with van der Waals surface area (Å²) >= 11 is 6.00. The van der Waals surface area contributed by atoms with Crippen LogP contribution in [-0.2, 0) is 11.2 Å². The number of nitrogens with zero attached hydrogens (tertiary/aromatic N) is 2. The second-order valence-electron chi connectivity index (χ2n) is 4.84. The van der Waals surface area contributed by atoms with Crippen molar-refractivity contribution in [2.75, 3.05) is 19.8 Å². The van der Waals surface area contributed by atoms with Gasteiger partial charge in [-0.1, -0.05) is 24.9 Å². The van der Waals surface area contributed by atoms with Crippen molar-refractivity contribution in [1.82, 2.24) is 9.88 Å². The molecule has 19 heavy (non-hydrogen) atoms. The summed E-state index contributed by atoms with van der Waals surface area (Å²) < 4.78 is 5.35. The molecule has 5 heteroatoms. The van der Waals surface area contributed by atoms with E-state index < -0.39 is 0 Å². The highest BCUT2D eigenvalue weighted by molar-refractivity contribution is 6.29. The average molecular weight is 283 g/mol. The molecular weight excluding hydrogens is 264 g/mol. The molecule has 0 bridgehead atoms. The van der Waals surface area contributed by atoms with Crippen molar-refractivity contribution in [3.05, 3.63) is 28.5 Å². The molecular formula is C14H19ClN2O2. The molecule has 2 heterocycles. The first-order chi connectivity index (χ1) is 9.11. The van der Waals surface area contributed by atoms with Crippen molar-refractivity contribution in [3.63, 3.8) is 0 Å². The first-order valence-corrected chi connectivity index (χ1v) is 7.04. The number of hydrogen-bond acceptors (Lipinski definition) is 3. The van der Waals surface area contributed by atoms with Gasteiger partial charge in [-0.25, -0.2) is 4.98 Å². The number of halogens is 1. The van der Waals surface area contributed by atoms with Crippen LogP contribution < -0.4 is 0 Å². The molecule has 1 fully saturated rings. The van der Waals surface area contributed by atoms with Crippen molar-refractivity contribution in [3.8, 4) is 0 Å². The van der Waals surface area contributed by atoms with E-state index in [1.165, 1.54) is 0 Å². The Morgan fingerprint density at radius 3 is 3.05 bits per heavy atom. The third-order valence-corrected chi connectivity index (χ3v) is 3.42. The van der Waals surface area contributed by atoms with E-state index in [1.54, 1.807) is 6.07 Å². The summed E-state index contributed by atoms with van der Waals surface area (Å²) in [6.45, 7) is 5.88. The maximum Gasteiger partial charge on any atom is 0.254 e. The van der Waals surface area contributed by atoms with Gasteiger partial charge in [-0.15, -0.1) is 0 Å². The summed E-state index contributed by atoms with van der Waals surface area (Å²) in [7, 11) is 0. The molecule has 0 saturated carbocycles. The Bertz CT molecular complexity index is 465. The van der Waals surface area contributed by atoms with E-state index in [4.69, 9.17) is 16.3 Å². The van der Waals surface area contributed by atoms with Gasteiger partial charge < -0.3 is 9.64 Å². The molecule has 0 aromatic carbocycles. The summed E-state index contributed by atoms with van der Waals surface area (Å²) in [5.74, 6) is 0.0115. The Balaban J connectivity index is 2.22. The van der Waals surface area contributed by atoms with Crippen molar-refractivity contribution in [2.24, 2.45) is 0 Å². The zero-order chi connectivity index (χ0) is 13.8. The van der Waals surface area contributed by atoms with Crippen molar-refractivity contribution in [2.45, 2.75) is 32.7 Å². The average Bonchev–Trinajstić information content (AvgIpc) is 2.38. The molecule has 0 aliphatic carbocycles. The number of hydrogen-bond donors (Lipinski definition) is 0. The van der Waals surface area contributed by atoms with Crippen molar-refractivity contribution >= 4 is 17.5 Å². The van der Waals surface area contributed by atoms with E-state index in [1.807, 2.05) is 17.9 Å². The van der Waals surface area contributed by atoms with Gasteiger partial charge >= 0.3 is 0 Å². The number of aryl methyl sites for hydroxylation is 1. The third kappa shape index (κ3) is 3.45. The summed E-state index contributed by atoms with van der Waals surface area (Å²) in [5, 5.41) is 0.384. The minimum absolute atomic E-state index is 0.0115. The summed E-state index contributed by atoms with van der Waals surface area (Å²) in [6.07, 6.45) is 1.81. The first kappa shape index (κ1) is 14.3. The minimum atomic E-state index is 0.0115. The van der Waals surface area contributed by atoms with Crippen LogP contribution in [0.4, 0.5) is 0 Å². The van der Waals surface area contributed by atoms with Gasteiger partial charge in [0, 0.05) is 17.8 Å². The lowest BCUT2D eigenvalue weighted by atomic mass is 10.1. The van der Waals surface area contributed by atoms with Crippen LogP contribution >= 0.6 is 11.6 Å². The van der Waals surface area contributed by atoms with Gasteiger partial charge in [0.15, 0.2) is 0 Å². The Hall–Kier alpha value is -1.13. The second-order valence-corrected chi connectivity index (χ2v) is 5.23. The zero-order valence-corrected chi connectivity index (χ0v) is 12.1. The van der Waals surface area contributed by atoms with Crippen LogP contribution in [-0.4, -0.2) is 41.6 Å². The van der Waals surface area contributed by atoms with Crippen molar-refractivity contribution in [1.29, 1.82) is 0 Å². The molecule has 1 aliphatic heterocycles. The van der Waals surface area contributed by atoms with E-state index in [-0.39, 0.29) is 11.9 Å². The van der Waals surface area contributed by atoms with Crippen LogP contribution in [0.3, 0.4) is 0 Å². The van der Waals surface area contributed by atoms with Gasteiger partial charge in [-0.3, -0.25) is 4.79 Å². The van der Waals surface area contributed by atoms with Gasteiger partial charge in [0.25, 0.3) is 5.91 Å². The lowest BCUT2D eigenvalue weighted by molar-refractivity contribution is 0.00358. The van der Waals surface area contributed by atoms with E-state index in [2.05, 4.69) is 11.9 Å². The Kier molecular flexibility index (Phi) is 4.77. The Labute approximate surface area is 118 Å². The molecule has 0 unspecified atom stereocenters. The molecule has 0 spiro atoms. The highest BCUT2D eigenvalue weighted by Crippen LogP contribution is 2.17. The number of rotatable bonds is 3. The lowest BCUT2D eigenvalue weighted by Crippen LogP contribution is -2.47. The van der Waals surface area contributed by atoms with Crippen LogP contribution in [0.25, 0.3) is 0 Å². The van der Waals surface area contributed by atoms with E-state index >= 15 is 0 Å². The molecule has 1 saturated heterocycles. The van der Waals surface area contributed by atoms with Gasteiger partial charge in [-0.2, -0.15) is 0 Å². The SMILES string of the molecule is CCCc1cc(C(=O)N2CCOC[C@H]2C)cc(Cl)n1. The fraction of sp³-hybridized carbons (Fsp3) is 0.571. The van der Waals surface area contributed by atoms with Crippen LogP contribution in [0, 0.1) is 0 Å². The van der Waals surface area contributed by atoms with Gasteiger partial charge in [0.1, 0.15) is 5.15 Å². The number of carbonyl (C=O) groups is 1. The van der Waals surface area contributed by atoms with Crippen molar-refractivity contribution < 1.29 is 9.53 Å². The van der Waals surface area contributed by atoms with Crippen LogP contribution in [0.5, 0.6) is 0 Å². The van der Waals surface area contributed by atoms with E-state index in [9.17, 15) is 4.79 Å². The third-order valence-electron chi connectivity index (χ3n) is 3.23. The van der Waals surface area contributed by atoms with E-state index in [0.29, 0.717) is 30.5 Å². The molecule has 2 rings (SSSR count). The number of aromatic nitrogens is 1. The number of pyridine rings is 1. The number of amides is 1. The van der Waals surface area contributed by atoms with Crippen LogP contribution in [0.1, 0.15) is 36.3 Å². The Morgan fingerprint density at radius 1 is 1.58 bits per heavy atom. The summed E-state index contributed by atoms with van der Waals surface area (Å²) in [4.78, 5) is 18.6. The highest BCUT2D eigenvalue weighted by Gasteiger charge is 2.25. The van der Waals surface area contributed by atoms with Gasteiger partial charge in [-0.05, 0) is 25.5 Å². The summed E-state index contributed by atoms with van der Waals surface area (Å²) in [6, 6.07) is 3.59. The molecule has 4 nitrogen and oxygen atoms in total. The summed E-state index contributed by atoms with van der Waals surface area (Å²) in [5.41, 5.74) is 1.50. The molecule has 0 N–H and O–H groups in total. The highest BCUT2D eigenvalue weighted by atomic mass is 35.5.